The second kappa shape index (κ2) is 12.9. The first kappa shape index (κ1) is 28.3. The van der Waals surface area contributed by atoms with Crippen LogP contribution in [0.4, 0.5) is 16.2 Å². The monoisotopic (exact) mass is 547 g/mol. The van der Waals surface area contributed by atoms with E-state index in [0.717, 1.165) is 24.0 Å². The number of hydrogen-bond acceptors (Lipinski definition) is 6. The lowest BCUT2D eigenvalue weighted by Crippen LogP contribution is -2.39. The number of carboxylic acid groups (broad SMARTS) is 1. The van der Waals surface area contributed by atoms with Gasteiger partial charge in [-0.1, -0.05) is 24.3 Å². The molecule has 1 atom stereocenters. The number of benzene rings is 3. The van der Waals surface area contributed by atoms with Crippen LogP contribution >= 0.6 is 0 Å². The van der Waals surface area contributed by atoms with E-state index in [2.05, 4.69) is 10.6 Å². The van der Waals surface area contributed by atoms with Crippen LogP contribution in [0.15, 0.2) is 60.7 Å². The molecule has 1 saturated heterocycles. The zero-order chi connectivity index (χ0) is 28.6. The van der Waals surface area contributed by atoms with Crippen LogP contribution in [-0.4, -0.2) is 61.3 Å². The molecule has 1 aliphatic rings. The largest absolute Gasteiger partial charge is 0.495 e. The van der Waals surface area contributed by atoms with Crippen LogP contribution in [-0.2, 0) is 11.2 Å². The standard InChI is InChI=1S/C30H33N3O7/c1-19-7-4-5-9-23(19)31-30(37)32-24-12-10-20(15-26(24)38-2)16-28(34)33-14-6-8-22(33)18-40-25-13-11-21(29(35)36)17-27(25)39-3/h4-5,7,9-13,15,17,22H,6,8,14,16,18H2,1-3H3,(H,35,36)(H2,31,32,37). The number of carboxylic acids is 1. The van der Waals surface area contributed by atoms with Gasteiger partial charge in [0, 0.05) is 12.2 Å². The summed E-state index contributed by atoms with van der Waals surface area (Å²) in [6, 6.07) is 16.6. The summed E-state index contributed by atoms with van der Waals surface area (Å²) in [5, 5.41) is 14.8. The summed E-state index contributed by atoms with van der Waals surface area (Å²) in [6.07, 6.45) is 1.82. The molecule has 10 nitrogen and oxygen atoms in total. The van der Waals surface area contributed by atoms with Crippen molar-refractivity contribution in [3.63, 3.8) is 0 Å². The predicted octanol–water partition coefficient (Wildman–Crippen LogP) is 4.97. The molecular formula is C30H33N3O7. The second-order valence-corrected chi connectivity index (χ2v) is 9.47. The van der Waals surface area contributed by atoms with Crippen molar-refractivity contribution in [2.24, 2.45) is 0 Å². The number of amides is 3. The zero-order valence-electron chi connectivity index (χ0n) is 22.7. The molecule has 0 spiro atoms. The summed E-state index contributed by atoms with van der Waals surface area (Å²) in [6.45, 7) is 2.79. The van der Waals surface area contributed by atoms with Crippen molar-refractivity contribution < 1.29 is 33.7 Å². The Hall–Kier alpha value is -4.73. The van der Waals surface area contributed by atoms with E-state index in [9.17, 15) is 19.5 Å². The van der Waals surface area contributed by atoms with Gasteiger partial charge < -0.3 is 34.9 Å². The van der Waals surface area contributed by atoms with Crippen molar-refractivity contribution in [2.75, 3.05) is 38.0 Å². The fourth-order valence-electron chi connectivity index (χ4n) is 4.66. The molecule has 0 saturated carbocycles. The quantitative estimate of drug-likeness (QED) is 0.327. The molecule has 0 aromatic heterocycles. The van der Waals surface area contributed by atoms with Crippen LogP contribution in [0.5, 0.6) is 17.2 Å². The molecule has 40 heavy (non-hydrogen) atoms. The highest BCUT2D eigenvalue weighted by Gasteiger charge is 2.29. The van der Waals surface area contributed by atoms with Crippen molar-refractivity contribution in [3.8, 4) is 17.2 Å². The van der Waals surface area contributed by atoms with Crippen LogP contribution in [0.25, 0.3) is 0 Å². The van der Waals surface area contributed by atoms with Gasteiger partial charge in [0.15, 0.2) is 11.5 Å². The zero-order valence-corrected chi connectivity index (χ0v) is 22.7. The summed E-state index contributed by atoms with van der Waals surface area (Å²) in [5.41, 5.74) is 3.00. The number of nitrogens with one attached hydrogen (secondary N) is 2. The Labute approximate surface area is 232 Å². The molecule has 4 rings (SSSR count). The number of carbonyl (C=O) groups excluding carboxylic acids is 2. The molecule has 1 heterocycles. The number of likely N-dealkylation sites (tertiary alicyclic amines) is 1. The second-order valence-electron chi connectivity index (χ2n) is 9.47. The van der Waals surface area contributed by atoms with Crippen LogP contribution in [0, 0.1) is 6.92 Å². The molecular weight excluding hydrogens is 514 g/mol. The third kappa shape index (κ3) is 6.82. The molecule has 1 fully saturated rings. The Morgan fingerprint density at radius 2 is 1.68 bits per heavy atom. The molecule has 10 heteroatoms. The maximum absolute atomic E-state index is 13.2. The Bertz CT molecular complexity index is 1390. The summed E-state index contributed by atoms with van der Waals surface area (Å²) < 4.78 is 16.7. The van der Waals surface area contributed by atoms with Gasteiger partial charge in [-0.05, 0) is 67.3 Å². The lowest BCUT2D eigenvalue weighted by molar-refractivity contribution is -0.131. The highest BCUT2D eigenvalue weighted by atomic mass is 16.5. The summed E-state index contributed by atoms with van der Waals surface area (Å²) in [5.74, 6) is 0.0985. The number of aryl methyl sites for hydroxylation is 1. The first-order chi connectivity index (χ1) is 19.3. The van der Waals surface area contributed by atoms with Gasteiger partial charge in [-0.3, -0.25) is 4.79 Å². The maximum Gasteiger partial charge on any atom is 0.335 e. The number of para-hydroxylation sites is 1. The van der Waals surface area contributed by atoms with Crippen molar-refractivity contribution in [1.82, 2.24) is 4.90 Å². The van der Waals surface area contributed by atoms with Gasteiger partial charge in [-0.2, -0.15) is 0 Å². The van der Waals surface area contributed by atoms with Gasteiger partial charge in [0.2, 0.25) is 5.91 Å². The lowest BCUT2D eigenvalue weighted by atomic mass is 10.1. The van der Waals surface area contributed by atoms with Gasteiger partial charge >= 0.3 is 12.0 Å². The SMILES string of the molecule is COc1cc(CC(=O)N2CCCC2COc2ccc(C(=O)O)cc2OC)ccc1NC(=O)Nc1ccccc1C. The molecule has 0 bridgehead atoms. The number of anilines is 2. The molecule has 3 aromatic rings. The normalized spacial score (nSPS) is 14.4. The molecule has 0 radical (unpaired) electrons. The molecule has 1 aliphatic heterocycles. The van der Waals surface area contributed by atoms with Gasteiger partial charge in [-0.25, -0.2) is 9.59 Å². The number of carbonyl (C=O) groups is 3. The first-order valence-electron chi connectivity index (χ1n) is 12.9. The van der Waals surface area contributed by atoms with Crippen LogP contribution in [0.2, 0.25) is 0 Å². The van der Waals surface area contributed by atoms with Crippen LogP contribution in [0.1, 0.15) is 34.3 Å². The van der Waals surface area contributed by atoms with E-state index in [1.165, 1.54) is 26.4 Å². The maximum atomic E-state index is 13.2. The van der Waals surface area contributed by atoms with E-state index in [-0.39, 0.29) is 30.5 Å². The number of ether oxygens (including phenoxy) is 3. The predicted molar refractivity (Wildman–Crippen MR) is 151 cm³/mol. The van der Waals surface area contributed by atoms with E-state index in [1.54, 1.807) is 24.3 Å². The van der Waals surface area contributed by atoms with E-state index >= 15 is 0 Å². The number of rotatable bonds is 10. The Morgan fingerprint density at radius 3 is 2.40 bits per heavy atom. The van der Waals surface area contributed by atoms with Gasteiger partial charge in [0.05, 0.1) is 37.9 Å². The van der Waals surface area contributed by atoms with Crippen LogP contribution < -0.4 is 24.8 Å². The number of nitrogens with zero attached hydrogens (tertiary/aromatic N) is 1. The average Bonchev–Trinajstić information content (AvgIpc) is 3.42. The van der Waals surface area contributed by atoms with Crippen molar-refractivity contribution >= 4 is 29.3 Å². The topological polar surface area (TPSA) is 126 Å². The minimum Gasteiger partial charge on any atom is -0.495 e. The molecule has 210 valence electrons. The van der Waals surface area contributed by atoms with E-state index < -0.39 is 12.0 Å². The smallest absolute Gasteiger partial charge is 0.335 e. The van der Waals surface area contributed by atoms with E-state index in [0.29, 0.717) is 35.2 Å². The molecule has 1 unspecified atom stereocenters. The van der Waals surface area contributed by atoms with E-state index in [4.69, 9.17) is 14.2 Å². The molecule has 3 aromatic carbocycles. The summed E-state index contributed by atoms with van der Waals surface area (Å²) in [7, 11) is 2.96. The third-order valence-corrected chi connectivity index (χ3v) is 6.80. The minimum absolute atomic E-state index is 0.0423. The molecule has 3 amide bonds. The van der Waals surface area contributed by atoms with Crippen molar-refractivity contribution in [3.05, 3.63) is 77.4 Å². The number of methoxy groups -OCH3 is 2. The minimum atomic E-state index is -1.05. The van der Waals surface area contributed by atoms with Gasteiger partial charge in [-0.15, -0.1) is 0 Å². The summed E-state index contributed by atoms with van der Waals surface area (Å²) in [4.78, 5) is 38.8. The third-order valence-electron chi connectivity index (χ3n) is 6.80. The Morgan fingerprint density at radius 1 is 0.925 bits per heavy atom. The molecule has 3 N–H and O–H groups in total. The van der Waals surface area contributed by atoms with Gasteiger partial charge in [0.25, 0.3) is 0 Å². The van der Waals surface area contributed by atoms with Crippen molar-refractivity contribution in [1.29, 1.82) is 0 Å². The number of urea groups is 1. The highest BCUT2D eigenvalue weighted by Crippen LogP contribution is 2.30. The van der Waals surface area contributed by atoms with E-state index in [1.807, 2.05) is 36.1 Å². The number of aromatic carboxylic acids is 1. The lowest BCUT2D eigenvalue weighted by Gasteiger charge is -2.25. The average molecular weight is 548 g/mol. The van der Waals surface area contributed by atoms with Crippen molar-refractivity contribution in [2.45, 2.75) is 32.2 Å². The molecule has 0 aliphatic carbocycles. The Kier molecular flexibility index (Phi) is 9.11. The number of hydrogen-bond donors (Lipinski definition) is 3. The Balaban J connectivity index is 1.37. The van der Waals surface area contributed by atoms with Crippen LogP contribution in [0.3, 0.4) is 0 Å². The summed E-state index contributed by atoms with van der Waals surface area (Å²) >= 11 is 0. The fraction of sp³-hybridized carbons (Fsp3) is 0.300. The fourth-order valence-corrected chi connectivity index (χ4v) is 4.66. The van der Waals surface area contributed by atoms with Gasteiger partial charge in [0.1, 0.15) is 12.4 Å². The first-order valence-corrected chi connectivity index (χ1v) is 12.9. The highest BCUT2D eigenvalue weighted by molar-refractivity contribution is 6.01.